The number of sulfonamides is 1. The number of benzene rings is 2. The lowest BCUT2D eigenvalue weighted by Crippen LogP contribution is -2.35. The fourth-order valence-electron chi connectivity index (χ4n) is 3.23. The van der Waals surface area contributed by atoms with E-state index in [2.05, 4.69) is 14.9 Å². The van der Waals surface area contributed by atoms with Crippen LogP contribution in [0.25, 0.3) is 0 Å². The van der Waals surface area contributed by atoms with Gasteiger partial charge in [-0.1, -0.05) is 10.6 Å². The Morgan fingerprint density at radius 2 is 1.97 bits per heavy atom. The Balaban J connectivity index is 1.68. The van der Waals surface area contributed by atoms with Crippen LogP contribution in [0.15, 0.2) is 47.4 Å². The number of nitrogens with zero attached hydrogens (tertiary/aromatic N) is 3. The maximum absolute atomic E-state index is 13.2. The molecule has 0 saturated heterocycles. The predicted molar refractivity (Wildman–Crippen MR) is 108 cm³/mol. The molecule has 0 spiro atoms. The second-order valence-corrected chi connectivity index (χ2v) is 9.24. The van der Waals surface area contributed by atoms with Gasteiger partial charge in [0, 0.05) is 12.2 Å². The topological polar surface area (TPSA) is 92.3 Å². The maximum atomic E-state index is 13.2. The third-order valence-corrected chi connectivity index (χ3v) is 7.33. The lowest BCUT2D eigenvalue weighted by molar-refractivity contribution is 0.103. The van der Waals surface area contributed by atoms with Crippen molar-refractivity contribution in [3.05, 3.63) is 64.4 Å². The summed E-state index contributed by atoms with van der Waals surface area (Å²) in [6.45, 7) is 2.00. The first kappa shape index (κ1) is 19.5. The summed E-state index contributed by atoms with van der Waals surface area (Å²) in [7, 11) is -3.85. The van der Waals surface area contributed by atoms with Crippen LogP contribution in [-0.4, -0.2) is 30.5 Å². The summed E-state index contributed by atoms with van der Waals surface area (Å²) < 4.78 is 44.5. The van der Waals surface area contributed by atoms with Crippen molar-refractivity contribution in [2.24, 2.45) is 0 Å². The van der Waals surface area contributed by atoms with Crippen molar-refractivity contribution >= 4 is 38.8 Å². The zero-order chi connectivity index (χ0) is 20.6. The molecular weight excluding hydrogens is 415 g/mol. The summed E-state index contributed by atoms with van der Waals surface area (Å²) >= 11 is 0.999. The summed E-state index contributed by atoms with van der Waals surface area (Å²) in [5.74, 6) is -0.845. The van der Waals surface area contributed by atoms with E-state index < -0.39 is 15.8 Å². The van der Waals surface area contributed by atoms with Crippen molar-refractivity contribution in [2.75, 3.05) is 16.2 Å². The average Bonchev–Trinajstić information content (AvgIpc) is 3.14. The highest BCUT2D eigenvalue weighted by Crippen LogP contribution is 2.34. The molecule has 1 aromatic heterocycles. The van der Waals surface area contributed by atoms with Crippen LogP contribution in [0.4, 0.5) is 15.8 Å². The molecule has 0 saturated carbocycles. The number of amides is 1. The number of halogens is 1. The van der Waals surface area contributed by atoms with Crippen LogP contribution in [0.5, 0.6) is 0 Å². The minimum atomic E-state index is -3.85. The number of aromatic nitrogens is 2. The zero-order valence-corrected chi connectivity index (χ0v) is 17.1. The van der Waals surface area contributed by atoms with Gasteiger partial charge in [-0.3, -0.25) is 9.10 Å². The SMILES string of the molecule is Cc1nnsc1C(=O)Nc1ccc2c(c1)N(S(=O)(=O)c1ccc(F)cc1)CCC2. The summed E-state index contributed by atoms with van der Waals surface area (Å²) in [6, 6.07) is 9.97. The van der Waals surface area contributed by atoms with E-state index in [0.717, 1.165) is 35.6 Å². The van der Waals surface area contributed by atoms with E-state index in [-0.39, 0.29) is 10.8 Å². The highest BCUT2D eigenvalue weighted by atomic mass is 32.2. The van der Waals surface area contributed by atoms with Crippen LogP contribution in [0.2, 0.25) is 0 Å². The summed E-state index contributed by atoms with van der Waals surface area (Å²) in [4.78, 5) is 12.9. The minimum absolute atomic E-state index is 0.0209. The van der Waals surface area contributed by atoms with Gasteiger partial charge in [0.15, 0.2) is 0 Å². The van der Waals surface area contributed by atoms with Gasteiger partial charge in [0.1, 0.15) is 10.7 Å². The lowest BCUT2D eigenvalue weighted by atomic mass is 10.0. The molecule has 0 aliphatic carbocycles. The fraction of sp³-hybridized carbons (Fsp3) is 0.211. The molecule has 2 aromatic carbocycles. The predicted octanol–water partition coefficient (Wildman–Crippen LogP) is 3.38. The summed E-state index contributed by atoms with van der Waals surface area (Å²) in [6.07, 6.45) is 1.40. The van der Waals surface area contributed by atoms with Gasteiger partial charge in [-0.15, -0.1) is 5.10 Å². The van der Waals surface area contributed by atoms with Crippen molar-refractivity contribution in [1.82, 2.24) is 9.59 Å². The Hall–Kier alpha value is -2.85. The van der Waals surface area contributed by atoms with Crippen LogP contribution < -0.4 is 9.62 Å². The molecule has 150 valence electrons. The van der Waals surface area contributed by atoms with E-state index in [1.54, 1.807) is 19.1 Å². The first-order valence-corrected chi connectivity index (χ1v) is 11.1. The Morgan fingerprint density at radius 1 is 1.21 bits per heavy atom. The number of hydrogen-bond donors (Lipinski definition) is 1. The number of anilines is 2. The number of rotatable bonds is 4. The van der Waals surface area contributed by atoms with Crippen LogP contribution in [0, 0.1) is 12.7 Å². The number of carbonyl (C=O) groups excluding carboxylic acids is 1. The number of aryl methyl sites for hydroxylation is 2. The molecule has 0 fully saturated rings. The average molecular weight is 433 g/mol. The fourth-order valence-corrected chi connectivity index (χ4v) is 5.31. The minimum Gasteiger partial charge on any atom is -0.321 e. The van der Waals surface area contributed by atoms with E-state index in [1.165, 1.54) is 16.4 Å². The van der Waals surface area contributed by atoms with Crippen LogP contribution >= 0.6 is 11.5 Å². The molecule has 1 aliphatic rings. The van der Waals surface area contributed by atoms with Crippen molar-refractivity contribution < 1.29 is 17.6 Å². The molecule has 0 radical (unpaired) electrons. The quantitative estimate of drug-likeness (QED) is 0.682. The zero-order valence-electron chi connectivity index (χ0n) is 15.4. The molecule has 0 unspecified atom stereocenters. The highest BCUT2D eigenvalue weighted by Gasteiger charge is 2.29. The largest absolute Gasteiger partial charge is 0.321 e. The molecule has 1 aliphatic heterocycles. The molecule has 1 amide bonds. The smallest absolute Gasteiger partial charge is 0.269 e. The Kier molecular flexibility index (Phi) is 5.05. The first-order chi connectivity index (χ1) is 13.9. The second-order valence-electron chi connectivity index (χ2n) is 6.62. The molecule has 7 nitrogen and oxygen atoms in total. The van der Waals surface area contributed by atoms with Crippen molar-refractivity contribution in [3.8, 4) is 0 Å². The van der Waals surface area contributed by atoms with Crippen molar-refractivity contribution in [1.29, 1.82) is 0 Å². The van der Waals surface area contributed by atoms with Crippen LogP contribution in [-0.2, 0) is 16.4 Å². The van der Waals surface area contributed by atoms with Gasteiger partial charge in [-0.05, 0) is 73.3 Å². The Bertz CT molecular complexity index is 1180. The van der Waals surface area contributed by atoms with Gasteiger partial charge >= 0.3 is 0 Å². The third-order valence-electron chi connectivity index (χ3n) is 4.68. The number of carbonyl (C=O) groups is 1. The van der Waals surface area contributed by atoms with Crippen molar-refractivity contribution in [3.63, 3.8) is 0 Å². The second kappa shape index (κ2) is 7.53. The van der Waals surface area contributed by atoms with Crippen LogP contribution in [0.1, 0.15) is 27.3 Å². The van der Waals surface area contributed by atoms with E-state index in [1.807, 2.05) is 6.07 Å². The van der Waals surface area contributed by atoms with E-state index in [4.69, 9.17) is 0 Å². The molecule has 4 rings (SSSR count). The normalized spacial score (nSPS) is 13.8. The molecule has 29 heavy (non-hydrogen) atoms. The van der Waals surface area contributed by atoms with E-state index >= 15 is 0 Å². The standard InChI is InChI=1S/C19H17FN4O3S2/c1-12-18(28-23-22-12)19(25)21-15-7-4-13-3-2-10-24(17(13)11-15)29(26,27)16-8-5-14(20)6-9-16/h4-9,11H,2-3,10H2,1H3,(H,21,25). The monoisotopic (exact) mass is 432 g/mol. The number of fused-ring (bicyclic) bond motifs is 1. The molecule has 0 atom stereocenters. The molecule has 2 heterocycles. The van der Waals surface area contributed by atoms with Gasteiger partial charge in [-0.25, -0.2) is 12.8 Å². The Labute approximate surface area is 171 Å². The van der Waals surface area contributed by atoms with Gasteiger partial charge in [0.2, 0.25) is 0 Å². The molecule has 0 bridgehead atoms. The number of nitrogens with one attached hydrogen (secondary N) is 1. The van der Waals surface area contributed by atoms with Gasteiger partial charge in [-0.2, -0.15) is 0 Å². The van der Waals surface area contributed by atoms with Gasteiger partial charge in [0.25, 0.3) is 15.9 Å². The lowest BCUT2D eigenvalue weighted by Gasteiger charge is -2.31. The maximum Gasteiger partial charge on any atom is 0.269 e. The third kappa shape index (κ3) is 3.73. The van der Waals surface area contributed by atoms with E-state index in [9.17, 15) is 17.6 Å². The molecule has 10 heteroatoms. The van der Waals surface area contributed by atoms with E-state index in [0.29, 0.717) is 34.9 Å². The molecule has 3 aromatic rings. The number of hydrogen-bond acceptors (Lipinski definition) is 6. The molecule has 1 N–H and O–H groups in total. The van der Waals surface area contributed by atoms with Gasteiger partial charge in [0.05, 0.1) is 16.3 Å². The van der Waals surface area contributed by atoms with Crippen molar-refractivity contribution in [2.45, 2.75) is 24.7 Å². The summed E-state index contributed by atoms with van der Waals surface area (Å²) in [5, 5.41) is 6.60. The molecular formula is C19H17FN4O3S2. The summed E-state index contributed by atoms with van der Waals surface area (Å²) in [5.41, 5.74) is 2.39. The first-order valence-electron chi connectivity index (χ1n) is 8.88. The highest BCUT2D eigenvalue weighted by molar-refractivity contribution is 7.92. The van der Waals surface area contributed by atoms with Crippen LogP contribution in [0.3, 0.4) is 0 Å². The Morgan fingerprint density at radius 3 is 2.66 bits per heavy atom. The van der Waals surface area contributed by atoms with Gasteiger partial charge < -0.3 is 5.32 Å².